The van der Waals surface area contributed by atoms with E-state index in [9.17, 15) is 4.79 Å². The zero-order chi connectivity index (χ0) is 20.8. The van der Waals surface area contributed by atoms with Crippen LogP contribution < -0.4 is 10.2 Å². The first-order valence-corrected chi connectivity index (χ1v) is 10.2. The Labute approximate surface area is 179 Å². The van der Waals surface area contributed by atoms with Crippen LogP contribution in [0.4, 0.5) is 0 Å². The first-order valence-electron chi connectivity index (χ1n) is 9.04. The molecule has 7 nitrogen and oxygen atoms in total. The molecular formula is C20H23ClN2O5S. The van der Waals surface area contributed by atoms with Crippen molar-refractivity contribution in [2.75, 3.05) is 13.7 Å². The van der Waals surface area contributed by atoms with E-state index in [1.807, 2.05) is 52.8 Å². The zero-order valence-electron chi connectivity index (χ0n) is 16.1. The molecule has 1 aliphatic heterocycles. The summed E-state index contributed by atoms with van der Waals surface area (Å²) in [6.07, 6.45) is -0.908. The van der Waals surface area contributed by atoms with Crippen molar-refractivity contribution < 1.29 is 24.2 Å². The zero-order valence-corrected chi connectivity index (χ0v) is 17.7. The van der Waals surface area contributed by atoms with E-state index in [1.165, 1.54) is 11.9 Å². The van der Waals surface area contributed by atoms with Gasteiger partial charge >= 0.3 is 0 Å². The molecule has 0 bridgehead atoms. The third-order valence-corrected chi connectivity index (χ3v) is 5.76. The number of methoxy groups -OCH3 is 1. The molecule has 3 rings (SSSR count). The molecule has 1 amide bonds. The maximum Gasteiger partial charge on any atom is 0.264 e. The molecule has 1 saturated heterocycles. The number of ether oxygens (including phenoxy) is 3. The molecule has 2 aromatic carbocycles. The Bertz CT molecular complexity index is 823. The molecule has 3 atom stereocenters. The average molecular weight is 439 g/mol. The van der Waals surface area contributed by atoms with E-state index in [2.05, 4.69) is 0 Å². The fraction of sp³-hybridized carbons (Fsp3) is 0.350. The van der Waals surface area contributed by atoms with Crippen molar-refractivity contribution in [3.63, 3.8) is 0 Å². The average Bonchev–Trinajstić information content (AvgIpc) is 2.72. The van der Waals surface area contributed by atoms with Crippen LogP contribution in [-0.4, -0.2) is 47.5 Å². The number of benzene rings is 2. The van der Waals surface area contributed by atoms with Crippen molar-refractivity contribution in [3.8, 4) is 5.75 Å². The number of hydroxylamine groups is 1. The van der Waals surface area contributed by atoms with Crippen LogP contribution in [0.25, 0.3) is 0 Å². The highest BCUT2D eigenvalue weighted by atomic mass is 35.5. The van der Waals surface area contributed by atoms with Crippen molar-refractivity contribution in [2.24, 2.45) is 0 Å². The number of amides is 1. The monoisotopic (exact) mass is 438 g/mol. The van der Waals surface area contributed by atoms with Gasteiger partial charge in [-0.2, -0.15) is 0 Å². The Kier molecular flexibility index (Phi) is 7.77. The fourth-order valence-electron chi connectivity index (χ4n) is 3.01. The van der Waals surface area contributed by atoms with Gasteiger partial charge in [0, 0.05) is 17.0 Å². The first kappa shape index (κ1) is 21.9. The van der Waals surface area contributed by atoms with E-state index in [0.717, 1.165) is 16.2 Å². The Balaban J connectivity index is 1.64. The summed E-state index contributed by atoms with van der Waals surface area (Å²) in [5.41, 5.74) is 2.70. The number of nitrogens with zero attached hydrogens (tertiary/aromatic N) is 1. The summed E-state index contributed by atoms with van der Waals surface area (Å²) in [6, 6.07) is 14.4. The lowest BCUT2D eigenvalue weighted by atomic mass is 10.1. The van der Waals surface area contributed by atoms with Crippen LogP contribution in [0, 0.1) is 0 Å². The SMILES string of the molecule is COC1CN(Sc2ccc(OCc3cccc(Cl)c3)cc2)[C@@H](C(=O)NO)C(C)O1. The van der Waals surface area contributed by atoms with E-state index < -0.39 is 24.3 Å². The number of rotatable bonds is 7. The molecule has 29 heavy (non-hydrogen) atoms. The normalized spacial score (nSPS) is 22.3. The van der Waals surface area contributed by atoms with Crippen LogP contribution in [0.5, 0.6) is 5.75 Å². The highest BCUT2D eigenvalue weighted by molar-refractivity contribution is 7.97. The molecule has 0 radical (unpaired) electrons. The molecule has 0 saturated carbocycles. The minimum Gasteiger partial charge on any atom is -0.489 e. The van der Waals surface area contributed by atoms with Gasteiger partial charge in [0.2, 0.25) is 0 Å². The summed E-state index contributed by atoms with van der Waals surface area (Å²) in [4.78, 5) is 13.0. The molecule has 1 heterocycles. The number of hydrogen-bond acceptors (Lipinski definition) is 7. The summed E-state index contributed by atoms with van der Waals surface area (Å²) >= 11 is 7.38. The summed E-state index contributed by atoms with van der Waals surface area (Å²) < 4.78 is 18.6. The third kappa shape index (κ3) is 5.85. The third-order valence-electron chi connectivity index (χ3n) is 4.43. The minimum absolute atomic E-state index is 0.372. The lowest BCUT2D eigenvalue weighted by Gasteiger charge is -2.40. The largest absolute Gasteiger partial charge is 0.489 e. The van der Waals surface area contributed by atoms with Gasteiger partial charge in [-0.3, -0.25) is 10.0 Å². The predicted octanol–water partition coefficient (Wildman–Crippen LogP) is 3.49. The second-order valence-electron chi connectivity index (χ2n) is 6.51. The number of carbonyl (C=O) groups excluding carboxylic acids is 1. The number of halogens is 1. The van der Waals surface area contributed by atoms with Gasteiger partial charge in [-0.15, -0.1) is 0 Å². The Hall–Kier alpha value is -1.81. The van der Waals surface area contributed by atoms with E-state index in [1.54, 1.807) is 19.5 Å². The van der Waals surface area contributed by atoms with Crippen molar-refractivity contribution >= 4 is 29.5 Å². The highest BCUT2D eigenvalue weighted by Gasteiger charge is 2.40. The molecule has 2 N–H and O–H groups in total. The Morgan fingerprint density at radius 2 is 2.10 bits per heavy atom. The predicted molar refractivity (Wildman–Crippen MR) is 110 cm³/mol. The van der Waals surface area contributed by atoms with Crippen molar-refractivity contribution in [2.45, 2.75) is 36.9 Å². The van der Waals surface area contributed by atoms with E-state index in [0.29, 0.717) is 18.2 Å². The van der Waals surface area contributed by atoms with Gasteiger partial charge in [-0.1, -0.05) is 23.7 Å². The van der Waals surface area contributed by atoms with Crippen molar-refractivity contribution in [1.29, 1.82) is 0 Å². The smallest absolute Gasteiger partial charge is 0.264 e. The maximum absolute atomic E-state index is 12.1. The van der Waals surface area contributed by atoms with Gasteiger partial charge < -0.3 is 14.2 Å². The topological polar surface area (TPSA) is 80.3 Å². The number of nitrogens with one attached hydrogen (secondary N) is 1. The molecule has 0 aromatic heterocycles. The summed E-state index contributed by atoms with van der Waals surface area (Å²) in [7, 11) is 1.55. The molecular weight excluding hydrogens is 416 g/mol. The molecule has 9 heteroatoms. The van der Waals surface area contributed by atoms with Gasteiger partial charge in [0.25, 0.3) is 5.91 Å². The lowest BCUT2D eigenvalue weighted by Crippen LogP contribution is -2.57. The molecule has 2 aromatic rings. The summed E-state index contributed by atoms with van der Waals surface area (Å²) in [6.45, 7) is 2.56. The lowest BCUT2D eigenvalue weighted by molar-refractivity contribution is -0.199. The molecule has 0 aliphatic carbocycles. The molecule has 1 aliphatic rings. The highest BCUT2D eigenvalue weighted by Crippen LogP contribution is 2.32. The number of carbonyl (C=O) groups is 1. The first-order chi connectivity index (χ1) is 14.0. The second-order valence-corrected chi connectivity index (χ2v) is 8.07. The fourth-order valence-corrected chi connectivity index (χ4v) is 4.33. The molecule has 1 fully saturated rings. The molecule has 156 valence electrons. The van der Waals surface area contributed by atoms with Crippen LogP contribution in [0.2, 0.25) is 5.02 Å². The van der Waals surface area contributed by atoms with E-state index in [-0.39, 0.29) is 0 Å². The van der Waals surface area contributed by atoms with Crippen molar-refractivity contribution in [3.05, 3.63) is 59.1 Å². The van der Waals surface area contributed by atoms with Crippen LogP contribution in [0.15, 0.2) is 53.4 Å². The maximum atomic E-state index is 12.1. The summed E-state index contributed by atoms with van der Waals surface area (Å²) in [5, 5.41) is 9.75. The van der Waals surface area contributed by atoms with Crippen LogP contribution >= 0.6 is 23.5 Å². The van der Waals surface area contributed by atoms with Crippen molar-refractivity contribution in [1.82, 2.24) is 9.79 Å². The van der Waals surface area contributed by atoms with Gasteiger partial charge in [-0.05, 0) is 60.8 Å². The van der Waals surface area contributed by atoms with E-state index >= 15 is 0 Å². The standard InChI is InChI=1S/C20H23ClN2O5S/c1-13-19(20(24)22-25)23(11-18(26-2)28-13)29-17-8-6-16(7-9-17)27-12-14-4-3-5-15(21)10-14/h3-10,13,18-19,25H,11-12H2,1-2H3,(H,22,24)/t13?,18?,19-/m1/s1. The van der Waals surface area contributed by atoms with Crippen LogP contribution in [0.1, 0.15) is 12.5 Å². The Morgan fingerprint density at radius 1 is 1.34 bits per heavy atom. The quantitative estimate of drug-likeness (QED) is 0.389. The Morgan fingerprint density at radius 3 is 2.76 bits per heavy atom. The van der Waals surface area contributed by atoms with E-state index in [4.69, 9.17) is 31.0 Å². The minimum atomic E-state index is -0.657. The van der Waals surface area contributed by atoms with Gasteiger partial charge in [0.15, 0.2) is 6.29 Å². The van der Waals surface area contributed by atoms with Gasteiger partial charge in [-0.25, -0.2) is 9.79 Å². The number of morpholine rings is 1. The second kappa shape index (κ2) is 10.3. The van der Waals surface area contributed by atoms with Gasteiger partial charge in [0.1, 0.15) is 18.4 Å². The number of hydrogen-bond donors (Lipinski definition) is 2. The molecule has 2 unspecified atom stereocenters. The van der Waals surface area contributed by atoms with Crippen LogP contribution in [0.3, 0.4) is 0 Å². The summed E-state index contributed by atoms with van der Waals surface area (Å²) in [5.74, 6) is 0.199. The van der Waals surface area contributed by atoms with Crippen LogP contribution in [-0.2, 0) is 20.9 Å². The van der Waals surface area contributed by atoms with Gasteiger partial charge in [0.05, 0.1) is 12.6 Å². The molecule has 0 spiro atoms.